The molecule has 3 aromatic rings. The van der Waals surface area contributed by atoms with Crippen LogP contribution in [0.2, 0.25) is 0 Å². The molecule has 0 unspecified atom stereocenters. The molecule has 9 heteroatoms. The number of amidine groups is 1. The maximum absolute atomic E-state index is 14.8. The first-order valence-corrected chi connectivity index (χ1v) is 9.15. The summed E-state index contributed by atoms with van der Waals surface area (Å²) in [5.74, 6) is -0.333. The number of rotatable bonds is 3. The Morgan fingerprint density at radius 2 is 1.90 bits per heavy atom. The van der Waals surface area contributed by atoms with Gasteiger partial charge in [-0.25, -0.2) is 9.18 Å². The number of H-pyrrole nitrogens is 1. The summed E-state index contributed by atoms with van der Waals surface area (Å²) in [5, 5.41) is 19.4. The number of nitrogen functional groups attached to an aromatic ring is 1. The molecule has 0 fully saturated rings. The van der Waals surface area contributed by atoms with Crippen LogP contribution in [0.5, 0.6) is 0 Å². The number of hydrogen-bond acceptors (Lipinski definition) is 4. The standard InChI is InChI=1S/C21H23FN6O2/c1-21(2,3)15(29)10-16(23)26-20(30)25-12-6-4-11(5-7-12)13-8-9-14-18(17(13)22)27-28-19(14)24/h4-10,29H,1-3H3,(H3,24,27,28)(H3,23,25,26,30)/b15-10-. The molecule has 2 aromatic carbocycles. The summed E-state index contributed by atoms with van der Waals surface area (Å²) in [7, 11) is 0. The van der Waals surface area contributed by atoms with Crippen molar-refractivity contribution in [3.05, 3.63) is 54.1 Å². The van der Waals surface area contributed by atoms with E-state index in [1.165, 1.54) is 6.08 Å². The minimum atomic E-state index is -0.696. The summed E-state index contributed by atoms with van der Waals surface area (Å²) in [4.78, 5) is 15.7. The lowest BCUT2D eigenvalue weighted by Crippen LogP contribution is -2.18. The fourth-order valence-electron chi connectivity index (χ4n) is 2.69. The summed E-state index contributed by atoms with van der Waals surface area (Å²) < 4.78 is 14.8. The van der Waals surface area contributed by atoms with Gasteiger partial charge >= 0.3 is 6.03 Å². The number of aliphatic hydroxyl groups excluding tert-OH is 1. The first-order valence-electron chi connectivity index (χ1n) is 9.15. The van der Waals surface area contributed by atoms with Crippen molar-refractivity contribution >= 4 is 34.3 Å². The average Bonchev–Trinajstić information content (AvgIpc) is 3.04. The highest BCUT2D eigenvalue weighted by Gasteiger charge is 2.16. The maximum Gasteiger partial charge on any atom is 0.347 e. The van der Waals surface area contributed by atoms with Crippen LogP contribution in [0.4, 0.5) is 20.7 Å². The predicted octanol–water partition coefficient (Wildman–Crippen LogP) is 4.33. The Labute approximate surface area is 172 Å². The number of nitrogens with zero attached hydrogens (tertiary/aromatic N) is 2. The van der Waals surface area contributed by atoms with Gasteiger partial charge in [-0.2, -0.15) is 10.1 Å². The number of carbonyl (C=O) groups excluding carboxylic acids is 1. The highest BCUT2D eigenvalue weighted by Crippen LogP contribution is 2.30. The summed E-state index contributed by atoms with van der Waals surface area (Å²) in [5.41, 5.74) is 12.5. The maximum atomic E-state index is 14.8. The van der Waals surface area contributed by atoms with Crippen LogP contribution < -0.4 is 16.8 Å². The summed E-state index contributed by atoms with van der Waals surface area (Å²) in [6.07, 6.45) is 1.24. The second kappa shape index (κ2) is 7.86. The molecule has 1 aromatic heterocycles. The van der Waals surface area contributed by atoms with E-state index in [0.29, 0.717) is 22.2 Å². The molecular formula is C21H23FN6O2. The van der Waals surface area contributed by atoms with E-state index in [-0.39, 0.29) is 22.9 Å². The van der Waals surface area contributed by atoms with E-state index in [2.05, 4.69) is 20.5 Å². The lowest BCUT2D eigenvalue weighted by molar-refractivity contribution is 0.259. The topological polar surface area (TPSA) is 142 Å². The summed E-state index contributed by atoms with van der Waals surface area (Å²) in [6, 6.07) is 9.18. The zero-order chi connectivity index (χ0) is 22.1. The lowest BCUT2D eigenvalue weighted by atomic mass is 9.93. The fourth-order valence-corrected chi connectivity index (χ4v) is 2.69. The number of hydrogen-bond donors (Lipinski definition) is 5. The molecule has 0 spiro atoms. The van der Waals surface area contributed by atoms with E-state index in [9.17, 15) is 14.3 Å². The van der Waals surface area contributed by atoms with E-state index in [4.69, 9.17) is 11.5 Å². The molecule has 156 valence electrons. The quantitative estimate of drug-likeness (QED) is 0.248. The Hall–Kier alpha value is -3.88. The number of benzene rings is 2. The van der Waals surface area contributed by atoms with E-state index in [1.807, 2.05) is 0 Å². The number of aromatic amines is 1. The van der Waals surface area contributed by atoms with Crippen molar-refractivity contribution in [3.63, 3.8) is 0 Å². The van der Waals surface area contributed by atoms with Gasteiger partial charge in [0.1, 0.15) is 17.1 Å². The Morgan fingerprint density at radius 3 is 2.53 bits per heavy atom. The van der Waals surface area contributed by atoms with Gasteiger partial charge in [-0.15, -0.1) is 0 Å². The van der Waals surface area contributed by atoms with Gasteiger partial charge in [-0.05, 0) is 23.8 Å². The summed E-state index contributed by atoms with van der Waals surface area (Å²) in [6.45, 7) is 5.40. The molecule has 0 aliphatic heterocycles. The van der Waals surface area contributed by atoms with Crippen LogP contribution in [0.25, 0.3) is 22.0 Å². The van der Waals surface area contributed by atoms with Crippen molar-refractivity contribution in [1.29, 1.82) is 0 Å². The van der Waals surface area contributed by atoms with E-state index in [0.717, 1.165) is 0 Å². The number of allylic oxidation sites excluding steroid dienone is 1. The third kappa shape index (κ3) is 4.40. The van der Waals surface area contributed by atoms with Crippen LogP contribution in [0, 0.1) is 11.2 Å². The Kier molecular flexibility index (Phi) is 5.46. The highest BCUT2D eigenvalue weighted by atomic mass is 19.1. The number of amides is 2. The van der Waals surface area contributed by atoms with E-state index in [1.54, 1.807) is 57.2 Å². The molecule has 0 aliphatic rings. The molecule has 0 atom stereocenters. The zero-order valence-electron chi connectivity index (χ0n) is 16.8. The van der Waals surface area contributed by atoms with E-state index >= 15 is 0 Å². The van der Waals surface area contributed by atoms with Crippen molar-refractivity contribution < 1.29 is 14.3 Å². The third-order valence-corrected chi connectivity index (χ3v) is 4.44. The van der Waals surface area contributed by atoms with Crippen molar-refractivity contribution in [2.45, 2.75) is 20.8 Å². The number of aliphatic hydroxyl groups is 1. The van der Waals surface area contributed by atoms with Gasteiger partial charge < -0.3 is 21.9 Å². The van der Waals surface area contributed by atoms with E-state index < -0.39 is 17.3 Å². The average molecular weight is 410 g/mol. The number of aromatic nitrogens is 2. The number of nitrogens with one attached hydrogen (secondary N) is 2. The first kappa shape index (κ1) is 20.8. The molecular weight excluding hydrogens is 387 g/mol. The number of carbonyl (C=O) groups is 1. The molecule has 1 heterocycles. The molecule has 0 saturated heterocycles. The predicted molar refractivity (Wildman–Crippen MR) is 117 cm³/mol. The second-order valence-corrected chi connectivity index (χ2v) is 7.78. The number of nitrogens with two attached hydrogens (primary N) is 2. The number of urea groups is 1. The van der Waals surface area contributed by atoms with Crippen LogP contribution in [0.3, 0.4) is 0 Å². The van der Waals surface area contributed by atoms with Gasteiger partial charge in [0.2, 0.25) is 0 Å². The normalized spacial score (nSPS) is 12.9. The van der Waals surface area contributed by atoms with Gasteiger partial charge in [-0.1, -0.05) is 39.0 Å². The van der Waals surface area contributed by atoms with Gasteiger partial charge in [0, 0.05) is 28.1 Å². The Bertz CT molecular complexity index is 1160. The molecule has 0 aliphatic carbocycles. The van der Waals surface area contributed by atoms with Gasteiger partial charge in [0.25, 0.3) is 0 Å². The van der Waals surface area contributed by atoms with Gasteiger partial charge in [0.15, 0.2) is 11.6 Å². The molecule has 7 N–H and O–H groups in total. The summed E-state index contributed by atoms with van der Waals surface area (Å²) >= 11 is 0. The van der Waals surface area contributed by atoms with Crippen molar-refractivity contribution in [1.82, 2.24) is 10.2 Å². The monoisotopic (exact) mass is 410 g/mol. The first-order chi connectivity index (χ1) is 14.1. The third-order valence-electron chi connectivity index (χ3n) is 4.44. The smallest absolute Gasteiger partial charge is 0.347 e. The Morgan fingerprint density at radius 1 is 1.23 bits per heavy atom. The van der Waals surface area contributed by atoms with Crippen molar-refractivity contribution in [2.24, 2.45) is 16.1 Å². The molecule has 0 bridgehead atoms. The lowest BCUT2D eigenvalue weighted by Gasteiger charge is -2.16. The molecule has 30 heavy (non-hydrogen) atoms. The molecule has 3 rings (SSSR count). The highest BCUT2D eigenvalue weighted by molar-refractivity contribution is 6.03. The van der Waals surface area contributed by atoms with Crippen LogP contribution in [0.1, 0.15) is 20.8 Å². The van der Waals surface area contributed by atoms with Crippen molar-refractivity contribution in [2.75, 3.05) is 11.1 Å². The largest absolute Gasteiger partial charge is 0.512 e. The van der Waals surface area contributed by atoms with Gasteiger partial charge in [-0.3, -0.25) is 5.10 Å². The van der Waals surface area contributed by atoms with Gasteiger partial charge in [0.05, 0.1) is 0 Å². The SMILES string of the molecule is CC(C)(C)/C(O)=C/C(N)=N\C(=O)Nc1ccc(-c2ccc3c(N)n[nH]c3c2F)cc1. The van der Waals surface area contributed by atoms with Crippen LogP contribution >= 0.6 is 0 Å². The second-order valence-electron chi connectivity index (χ2n) is 7.78. The number of fused-ring (bicyclic) bond motifs is 1. The minimum absolute atomic E-state index is 0.0129. The van der Waals surface area contributed by atoms with Crippen LogP contribution in [-0.4, -0.2) is 27.2 Å². The number of halogens is 1. The number of anilines is 2. The van der Waals surface area contributed by atoms with Crippen LogP contribution in [-0.2, 0) is 0 Å². The molecule has 0 radical (unpaired) electrons. The minimum Gasteiger partial charge on any atom is -0.512 e. The van der Waals surface area contributed by atoms with Crippen molar-refractivity contribution in [3.8, 4) is 11.1 Å². The molecule has 8 nitrogen and oxygen atoms in total. The Balaban J connectivity index is 1.76. The zero-order valence-corrected chi connectivity index (χ0v) is 16.8. The molecule has 2 amide bonds. The fraction of sp³-hybridized carbons (Fsp3) is 0.190. The molecule has 0 saturated carbocycles. The van der Waals surface area contributed by atoms with Crippen LogP contribution in [0.15, 0.2) is 53.2 Å². The number of aliphatic imine (C=N–C) groups is 1.